The lowest BCUT2D eigenvalue weighted by Crippen LogP contribution is -2.34. The van der Waals surface area contributed by atoms with Gasteiger partial charge in [0.25, 0.3) is 5.91 Å². The van der Waals surface area contributed by atoms with Crippen LogP contribution in [0.1, 0.15) is 22.2 Å². The Morgan fingerprint density at radius 1 is 1.08 bits per heavy atom. The van der Waals surface area contributed by atoms with Crippen molar-refractivity contribution in [3.8, 4) is 11.1 Å². The molecule has 1 atom stereocenters. The van der Waals surface area contributed by atoms with E-state index in [0.717, 1.165) is 16.9 Å². The van der Waals surface area contributed by atoms with Gasteiger partial charge in [-0.25, -0.2) is 4.39 Å². The first-order valence-electron chi connectivity index (χ1n) is 8.39. The molecule has 3 aromatic rings. The molecule has 1 amide bonds. The third kappa shape index (κ3) is 4.00. The molecule has 0 spiro atoms. The van der Waals surface area contributed by atoms with Crippen molar-refractivity contribution in [3.63, 3.8) is 0 Å². The van der Waals surface area contributed by atoms with Crippen molar-refractivity contribution in [1.29, 1.82) is 0 Å². The quantitative estimate of drug-likeness (QED) is 0.726. The summed E-state index contributed by atoms with van der Waals surface area (Å²) in [5.41, 5.74) is 1.76. The first-order valence-corrected chi connectivity index (χ1v) is 8.39. The fourth-order valence-corrected chi connectivity index (χ4v) is 2.81. The molecule has 5 heteroatoms. The standard InChI is InChI=1S/C21H21FN2O2/c1-24(2)19(20-9-6-12-26-20)14-23-21(25)17-13-16(10-11-18(17)22)15-7-4-3-5-8-15/h3-13,19H,14H2,1-2H3,(H,23,25). The number of furan rings is 1. The molecule has 0 aliphatic carbocycles. The highest BCUT2D eigenvalue weighted by atomic mass is 19.1. The number of nitrogens with one attached hydrogen (secondary N) is 1. The number of hydrogen-bond donors (Lipinski definition) is 1. The molecule has 1 unspecified atom stereocenters. The largest absolute Gasteiger partial charge is 0.468 e. The molecule has 4 nitrogen and oxygen atoms in total. The zero-order valence-electron chi connectivity index (χ0n) is 14.8. The Balaban J connectivity index is 1.77. The summed E-state index contributed by atoms with van der Waals surface area (Å²) in [6.45, 7) is 0.314. The monoisotopic (exact) mass is 352 g/mol. The van der Waals surface area contributed by atoms with Crippen LogP contribution in [0.4, 0.5) is 4.39 Å². The second kappa shape index (κ2) is 7.97. The van der Waals surface area contributed by atoms with Gasteiger partial charge in [-0.15, -0.1) is 0 Å². The van der Waals surface area contributed by atoms with E-state index >= 15 is 0 Å². The number of halogens is 1. The minimum atomic E-state index is -0.540. The van der Waals surface area contributed by atoms with Gasteiger partial charge < -0.3 is 9.73 Å². The van der Waals surface area contributed by atoms with Gasteiger partial charge in [0.1, 0.15) is 11.6 Å². The lowest BCUT2D eigenvalue weighted by Gasteiger charge is -2.22. The van der Waals surface area contributed by atoms with Crippen LogP contribution >= 0.6 is 0 Å². The molecule has 0 aliphatic rings. The summed E-state index contributed by atoms with van der Waals surface area (Å²) in [5, 5.41) is 2.81. The second-order valence-electron chi connectivity index (χ2n) is 6.27. The highest BCUT2D eigenvalue weighted by molar-refractivity contribution is 5.95. The molecule has 3 rings (SSSR count). The zero-order valence-corrected chi connectivity index (χ0v) is 14.8. The third-order valence-electron chi connectivity index (χ3n) is 4.27. The molecule has 1 N–H and O–H groups in total. The number of amides is 1. The van der Waals surface area contributed by atoms with Crippen molar-refractivity contribution < 1.29 is 13.6 Å². The van der Waals surface area contributed by atoms with Gasteiger partial charge in [-0.1, -0.05) is 36.4 Å². The predicted octanol–water partition coefficient (Wildman–Crippen LogP) is 4.12. The number of rotatable bonds is 6. The van der Waals surface area contributed by atoms with E-state index in [1.165, 1.54) is 6.07 Å². The van der Waals surface area contributed by atoms with Crippen LogP contribution in [0.2, 0.25) is 0 Å². The topological polar surface area (TPSA) is 45.5 Å². The van der Waals surface area contributed by atoms with Crippen molar-refractivity contribution in [2.24, 2.45) is 0 Å². The molecule has 0 bridgehead atoms. The fraction of sp³-hybridized carbons (Fsp3) is 0.190. The lowest BCUT2D eigenvalue weighted by molar-refractivity contribution is 0.0935. The van der Waals surface area contributed by atoms with Gasteiger partial charge in [0.05, 0.1) is 17.9 Å². The van der Waals surface area contributed by atoms with E-state index < -0.39 is 11.7 Å². The number of carbonyl (C=O) groups excluding carboxylic acids is 1. The van der Waals surface area contributed by atoms with Crippen molar-refractivity contribution in [2.45, 2.75) is 6.04 Å². The molecule has 0 radical (unpaired) electrons. The zero-order chi connectivity index (χ0) is 18.5. The Kier molecular flexibility index (Phi) is 5.49. The molecule has 26 heavy (non-hydrogen) atoms. The van der Waals surface area contributed by atoms with Crippen molar-refractivity contribution in [2.75, 3.05) is 20.6 Å². The highest BCUT2D eigenvalue weighted by Crippen LogP contribution is 2.22. The molecule has 0 saturated carbocycles. The molecule has 1 aromatic heterocycles. The molecule has 0 saturated heterocycles. The van der Waals surface area contributed by atoms with E-state index in [1.54, 1.807) is 24.5 Å². The predicted molar refractivity (Wildman–Crippen MR) is 99.3 cm³/mol. The van der Waals surface area contributed by atoms with Gasteiger partial charge in [-0.2, -0.15) is 0 Å². The summed E-state index contributed by atoms with van der Waals surface area (Å²) in [6.07, 6.45) is 1.59. The second-order valence-corrected chi connectivity index (χ2v) is 6.27. The third-order valence-corrected chi connectivity index (χ3v) is 4.27. The highest BCUT2D eigenvalue weighted by Gasteiger charge is 2.20. The number of carbonyl (C=O) groups is 1. The van der Waals surface area contributed by atoms with Gasteiger partial charge in [-0.05, 0) is 49.5 Å². The molecule has 0 aliphatic heterocycles. The average molecular weight is 352 g/mol. The number of nitrogens with zero attached hydrogens (tertiary/aromatic N) is 1. The first-order chi connectivity index (χ1) is 12.6. The number of hydrogen-bond acceptors (Lipinski definition) is 3. The summed E-state index contributed by atoms with van der Waals surface area (Å²) in [6, 6.07) is 17.7. The van der Waals surface area contributed by atoms with Crippen LogP contribution in [0.3, 0.4) is 0 Å². The van der Waals surface area contributed by atoms with E-state index in [2.05, 4.69) is 5.32 Å². The Hall–Kier alpha value is -2.92. The van der Waals surface area contributed by atoms with E-state index in [4.69, 9.17) is 4.42 Å². The Bertz CT molecular complexity index is 861. The minimum Gasteiger partial charge on any atom is -0.468 e. The van der Waals surface area contributed by atoms with Crippen LogP contribution in [0, 0.1) is 5.82 Å². The smallest absolute Gasteiger partial charge is 0.254 e. The van der Waals surface area contributed by atoms with Crippen LogP contribution < -0.4 is 5.32 Å². The Labute approximate surface area is 152 Å². The van der Waals surface area contributed by atoms with Crippen LogP contribution in [0.15, 0.2) is 71.3 Å². The summed E-state index contributed by atoms with van der Waals surface area (Å²) in [4.78, 5) is 14.5. The van der Waals surface area contributed by atoms with Gasteiger partial charge in [0.15, 0.2) is 0 Å². The van der Waals surface area contributed by atoms with E-state index in [1.807, 2.05) is 55.4 Å². The summed E-state index contributed by atoms with van der Waals surface area (Å²) in [7, 11) is 3.80. The Morgan fingerprint density at radius 2 is 1.85 bits per heavy atom. The van der Waals surface area contributed by atoms with Crippen molar-refractivity contribution in [3.05, 3.63) is 84.1 Å². The normalized spacial score (nSPS) is 12.2. The Morgan fingerprint density at radius 3 is 2.50 bits per heavy atom. The first kappa shape index (κ1) is 17.9. The average Bonchev–Trinajstić information content (AvgIpc) is 3.17. The molecule has 2 aromatic carbocycles. The van der Waals surface area contributed by atoms with Gasteiger partial charge in [-0.3, -0.25) is 9.69 Å². The van der Waals surface area contributed by atoms with Crippen LogP contribution in [0.5, 0.6) is 0 Å². The molecule has 1 heterocycles. The molecule has 0 fully saturated rings. The van der Waals surface area contributed by atoms with Gasteiger partial charge in [0, 0.05) is 6.54 Å². The molecule has 134 valence electrons. The SMILES string of the molecule is CN(C)C(CNC(=O)c1cc(-c2ccccc2)ccc1F)c1ccco1. The molecular formula is C21H21FN2O2. The van der Waals surface area contributed by atoms with E-state index in [9.17, 15) is 9.18 Å². The number of benzene rings is 2. The van der Waals surface area contributed by atoms with Crippen LogP contribution in [-0.2, 0) is 0 Å². The van der Waals surface area contributed by atoms with E-state index in [-0.39, 0.29) is 11.6 Å². The van der Waals surface area contributed by atoms with Crippen LogP contribution in [0.25, 0.3) is 11.1 Å². The number of likely N-dealkylation sites (N-methyl/N-ethyl adjacent to an activating group) is 1. The lowest BCUT2D eigenvalue weighted by atomic mass is 10.0. The summed E-state index contributed by atoms with van der Waals surface area (Å²) < 4.78 is 19.6. The van der Waals surface area contributed by atoms with Gasteiger partial charge in [0.2, 0.25) is 0 Å². The fourth-order valence-electron chi connectivity index (χ4n) is 2.81. The van der Waals surface area contributed by atoms with Crippen molar-refractivity contribution >= 4 is 5.91 Å². The minimum absolute atomic E-state index is 0.0308. The maximum atomic E-state index is 14.2. The maximum absolute atomic E-state index is 14.2. The summed E-state index contributed by atoms with van der Waals surface area (Å²) in [5.74, 6) is -0.242. The van der Waals surface area contributed by atoms with Gasteiger partial charge >= 0.3 is 0 Å². The maximum Gasteiger partial charge on any atom is 0.254 e. The van der Waals surface area contributed by atoms with Crippen molar-refractivity contribution in [1.82, 2.24) is 10.2 Å². The van der Waals surface area contributed by atoms with Crippen LogP contribution in [-0.4, -0.2) is 31.4 Å². The molecular weight excluding hydrogens is 331 g/mol. The summed E-state index contributed by atoms with van der Waals surface area (Å²) >= 11 is 0. The van der Waals surface area contributed by atoms with E-state index in [0.29, 0.717) is 6.54 Å².